The van der Waals surface area contributed by atoms with Crippen molar-refractivity contribution in [3.8, 4) is 11.4 Å². The Kier molecular flexibility index (Phi) is 7.28. The Morgan fingerprint density at radius 2 is 1.58 bits per heavy atom. The number of carbonyl (C=O) groups is 1. The van der Waals surface area contributed by atoms with Crippen molar-refractivity contribution in [3.05, 3.63) is 120 Å². The average Bonchev–Trinajstić information content (AvgIpc) is 3.50. The van der Waals surface area contributed by atoms with Crippen LogP contribution in [0.3, 0.4) is 0 Å². The predicted molar refractivity (Wildman–Crippen MR) is 143 cm³/mol. The number of nitrogens with zero attached hydrogens (tertiary/aromatic N) is 3. The lowest BCUT2D eigenvalue weighted by molar-refractivity contribution is -0.113. The first-order valence-electron chi connectivity index (χ1n) is 11.7. The number of carbonyl (C=O) groups excluding carboxylic acids is 1. The van der Waals surface area contributed by atoms with Crippen molar-refractivity contribution in [2.45, 2.75) is 25.0 Å². The van der Waals surface area contributed by atoms with Gasteiger partial charge in [0.15, 0.2) is 11.0 Å². The molecule has 0 saturated heterocycles. The lowest BCUT2D eigenvalue weighted by Crippen LogP contribution is -2.16. The minimum Gasteiger partial charge on any atom is -0.469 e. The molecule has 0 saturated carbocycles. The minimum absolute atomic E-state index is 0.0872. The second kappa shape index (κ2) is 11.1. The normalized spacial score (nSPS) is 10.9. The second-order valence-corrected chi connectivity index (χ2v) is 9.37. The SMILES string of the molecule is Cc1occc1-c1nnc(SCC(=O)Nc2ccccc2Cc2ccccc2)n1Cc1ccccc1. The van der Waals surface area contributed by atoms with E-state index in [2.05, 4.69) is 39.8 Å². The molecule has 0 aliphatic rings. The average molecular weight is 495 g/mol. The molecule has 0 radical (unpaired) electrons. The fourth-order valence-corrected chi connectivity index (χ4v) is 4.79. The summed E-state index contributed by atoms with van der Waals surface area (Å²) in [5.74, 6) is 1.63. The van der Waals surface area contributed by atoms with Gasteiger partial charge < -0.3 is 9.73 Å². The van der Waals surface area contributed by atoms with Gasteiger partial charge in [0.2, 0.25) is 5.91 Å². The van der Waals surface area contributed by atoms with Gasteiger partial charge >= 0.3 is 0 Å². The largest absolute Gasteiger partial charge is 0.469 e. The zero-order valence-corrected chi connectivity index (χ0v) is 20.7. The molecule has 2 aromatic heterocycles. The third kappa shape index (κ3) is 5.58. The Balaban J connectivity index is 1.32. The first-order valence-corrected chi connectivity index (χ1v) is 12.7. The number of rotatable bonds is 9. The van der Waals surface area contributed by atoms with E-state index in [1.54, 1.807) is 6.26 Å². The monoisotopic (exact) mass is 494 g/mol. The predicted octanol–water partition coefficient (Wildman–Crippen LogP) is 6.22. The molecule has 1 N–H and O–H groups in total. The number of benzene rings is 3. The second-order valence-electron chi connectivity index (χ2n) is 8.42. The lowest BCUT2D eigenvalue weighted by atomic mass is 10.0. The molecular formula is C29H26N4O2S. The van der Waals surface area contributed by atoms with E-state index in [0.29, 0.717) is 11.7 Å². The van der Waals surface area contributed by atoms with Crippen molar-refractivity contribution in [2.75, 3.05) is 11.1 Å². The molecule has 6 nitrogen and oxygen atoms in total. The Labute approximate surface area is 214 Å². The maximum atomic E-state index is 12.9. The third-order valence-electron chi connectivity index (χ3n) is 5.86. The van der Waals surface area contributed by atoms with E-state index in [1.165, 1.54) is 17.3 Å². The number of hydrogen-bond acceptors (Lipinski definition) is 5. The van der Waals surface area contributed by atoms with E-state index in [1.807, 2.05) is 78.2 Å². The highest BCUT2D eigenvalue weighted by molar-refractivity contribution is 7.99. The third-order valence-corrected chi connectivity index (χ3v) is 6.83. The van der Waals surface area contributed by atoms with Gasteiger partial charge in [-0.05, 0) is 42.2 Å². The van der Waals surface area contributed by atoms with Gasteiger partial charge in [-0.3, -0.25) is 9.36 Å². The van der Waals surface area contributed by atoms with Crippen molar-refractivity contribution >= 4 is 23.4 Å². The number of aromatic nitrogens is 3. The summed E-state index contributed by atoms with van der Waals surface area (Å²) < 4.78 is 7.54. The number of amides is 1. The van der Waals surface area contributed by atoms with Crippen molar-refractivity contribution in [2.24, 2.45) is 0 Å². The summed E-state index contributed by atoms with van der Waals surface area (Å²) in [4.78, 5) is 12.9. The van der Waals surface area contributed by atoms with E-state index in [0.717, 1.165) is 40.4 Å². The van der Waals surface area contributed by atoms with Gasteiger partial charge in [0.25, 0.3) is 0 Å². The minimum atomic E-state index is -0.0872. The number of hydrogen-bond donors (Lipinski definition) is 1. The summed E-state index contributed by atoms with van der Waals surface area (Å²) in [6, 6.07) is 30.2. The Morgan fingerprint density at radius 3 is 2.31 bits per heavy atom. The number of para-hydroxylation sites is 1. The van der Waals surface area contributed by atoms with Crippen LogP contribution in [-0.4, -0.2) is 26.4 Å². The van der Waals surface area contributed by atoms with Crippen LogP contribution in [-0.2, 0) is 17.8 Å². The van der Waals surface area contributed by atoms with Gasteiger partial charge in [-0.25, -0.2) is 0 Å². The number of anilines is 1. The molecule has 180 valence electrons. The molecule has 0 spiro atoms. The van der Waals surface area contributed by atoms with Crippen LogP contribution in [0, 0.1) is 6.92 Å². The Morgan fingerprint density at radius 1 is 0.889 bits per heavy atom. The zero-order chi connectivity index (χ0) is 24.7. The fourth-order valence-electron chi connectivity index (χ4n) is 4.05. The van der Waals surface area contributed by atoms with Gasteiger partial charge in [-0.1, -0.05) is 90.6 Å². The van der Waals surface area contributed by atoms with Gasteiger partial charge in [-0.2, -0.15) is 0 Å². The molecule has 2 heterocycles. The van der Waals surface area contributed by atoms with Crippen LogP contribution in [0.1, 0.15) is 22.5 Å². The molecule has 0 atom stereocenters. The van der Waals surface area contributed by atoms with Crippen molar-refractivity contribution < 1.29 is 9.21 Å². The van der Waals surface area contributed by atoms with Crippen LogP contribution < -0.4 is 5.32 Å². The molecular weight excluding hydrogens is 468 g/mol. The summed E-state index contributed by atoms with van der Waals surface area (Å²) in [5.41, 5.74) is 5.12. The van der Waals surface area contributed by atoms with Crippen molar-refractivity contribution in [1.29, 1.82) is 0 Å². The first kappa shape index (κ1) is 23.6. The molecule has 36 heavy (non-hydrogen) atoms. The molecule has 0 unspecified atom stereocenters. The van der Waals surface area contributed by atoms with Gasteiger partial charge in [-0.15, -0.1) is 10.2 Å². The van der Waals surface area contributed by atoms with Crippen LogP contribution in [0.4, 0.5) is 5.69 Å². The molecule has 3 aromatic carbocycles. The summed E-state index contributed by atoms with van der Waals surface area (Å²) in [5, 5.41) is 12.6. The topological polar surface area (TPSA) is 72.9 Å². The summed E-state index contributed by atoms with van der Waals surface area (Å²) in [6.45, 7) is 2.50. The van der Waals surface area contributed by atoms with Crippen molar-refractivity contribution in [1.82, 2.24) is 14.8 Å². The molecule has 0 aliphatic heterocycles. The van der Waals surface area contributed by atoms with E-state index >= 15 is 0 Å². The van der Waals surface area contributed by atoms with Gasteiger partial charge in [0.1, 0.15) is 5.76 Å². The smallest absolute Gasteiger partial charge is 0.234 e. The highest BCUT2D eigenvalue weighted by atomic mass is 32.2. The molecule has 0 fully saturated rings. The number of nitrogens with one attached hydrogen (secondary N) is 1. The number of thioether (sulfide) groups is 1. The summed E-state index contributed by atoms with van der Waals surface area (Å²) in [7, 11) is 0. The van der Waals surface area contributed by atoms with Crippen LogP contribution >= 0.6 is 11.8 Å². The highest BCUT2D eigenvalue weighted by Crippen LogP contribution is 2.28. The number of aryl methyl sites for hydroxylation is 1. The Bertz CT molecular complexity index is 1440. The van der Waals surface area contributed by atoms with E-state index < -0.39 is 0 Å². The van der Waals surface area contributed by atoms with Crippen LogP contribution in [0.15, 0.2) is 107 Å². The zero-order valence-electron chi connectivity index (χ0n) is 19.9. The Hall–Kier alpha value is -4.10. The molecule has 7 heteroatoms. The van der Waals surface area contributed by atoms with Gasteiger partial charge in [0, 0.05) is 5.69 Å². The van der Waals surface area contributed by atoms with E-state index in [-0.39, 0.29) is 11.7 Å². The summed E-state index contributed by atoms with van der Waals surface area (Å²) >= 11 is 1.37. The molecule has 5 aromatic rings. The summed E-state index contributed by atoms with van der Waals surface area (Å²) in [6.07, 6.45) is 2.41. The van der Waals surface area contributed by atoms with E-state index in [9.17, 15) is 4.79 Å². The number of furan rings is 1. The quantitative estimate of drug-likeness (QED) is 0.246. The maximum absolute atomic E-state index is 12.9. The van der Waals surface area contributed by atoms with Crippen LogP contribution in [0.2, 0.25) is 0 Å². The van der Waals surface area contributed by atoms with Crippen LogP contribution in [0.5, 0.6) is 0 Å². The molecule has 1 amide bonds. The first-order chi connectivity index (χ1) is 17.7. The van der Waals surface area contributed by atoms with E-state index in [4.69, 9.17) is 4.42 Å². The van der Waals surface area contributed by atoms with Crippen LogP contribution in [0.25, 0.3) is 11.4 Å². The van der Waals surface area contributed by atoms with Crippen molar-refractivity contribution in [3.63, 3.8) is 0 Å². The molecule has 0 aliphatic carbocycles. The fraction of sp³-hybridized carbons (Fsp3) is 0.138. The van der Waals surface area contributed by atoms with Gasteiger partial charge in [0.05, 0.1) is 24.1 Å². The standard InChI is InChI=1S/C29H26N4O2S/c1-21-25(16-17-35-21)28-31-32-29(33(28)19-23-12-6-3-7-13-23)36-20-27(34)30-26-15-9-8-14-24(26)18-22-10-4-2-5-11-22/h2-17H,18-20H2,1H3,(H,30,34). The molecule has 0 bridgehead atoms. The molecule has 5 rings (SSSR count). The lowest BCUT2D eigenvalue weighted by Gasteiger charge is -2.12. The maximum Gasteiger partial charge on any atom is 0.234 e. The highest BCUT2D eigenvalue weighted by Gasteiger charge is 2.19.